The number of aromatic hydroxyl groups is 2. The van der Waals surface area contributed by atoms with Gasteiger partial charge in [-0.05, 0) is 24.3 Å². The number of ether oxygens (including phenoxy) is 1. The Hall–Kier alpha value is -3.42. The molecule has 22 heavy (non-hydrogen) atoms. The van der Waals surface area contributed by atoms with E-state index in [0.717, 1.165) is 12.1 Å². The van der Waals surface area contributed by atoms with Gasteiger partial charge >= 0.3 is 11.9 Å². The zero-order chi connectivity index (χ0) is 16.4. The summed E-state index contributed by atoms with van der Waals surface area (Å²) >= 11 is 0. The summed E-state index contributed by atoms with van der Waals surface area (Å²) < 4.78 is 4.93. The smallest absolute Gasteiger partial charge is 0.345 e. The second-order valence-corrected chi connectivity index (χ2v) is 4.31. The normalized spacial score (nSPS) is 10.2. The summed E-state index contributed by atoms with van der Waals surface area (Å²) in [5.74, 6) is -3.56. The summed E-state index contributed by atoms with van der Waals surface area (Å²) in [6, 6.07) is 6.19. The molecule has 0 fully saturated rings. The fraction of sp³-hybridized carbons (Fsp3) is 0. The first kappa shape index (κ1) is 15.0. The molecule has 114 valence electrons. The van der Waals surface area contributed by atoms with Crippen molar-refractivity contribution in [3.05, 3.63) is 41.5 Å². The second kappa shape index (κ2) is 5.52. The highest BCUT2D eigenvalue weighted by Gasteiger charge is 2.20. The van der Waals surface area contributed by atoms with E-state index in [4.69, 9.17) is 21.3 Å². The molecule has 0 saturated carbocycles. The zero-order valence-corrected chi connectivity index (χ0v) is 11.1. The third-order valence-electron chi connectivity index (χ3n) is 2.92. The van der Waals surface area contributed by atoms with Crippen LogP contribution in [0, 0.1) is 0 Å². The molecule has 0 aliphatic carbocycles. The van der Waals surface area contributed by atoms with Crippen LogP contribution in [0.1, 0.15) is 20.7 Å². The monoisotopic (exact) mass is 304 g/mol. The summed E-state index contributed by atoms with van der Waals surface area (Å²) in [5.41, 5.74) is 9.98. The van der Waals surface area contributed by atoms with Crippen LogP contribution in [-0.2, 0) is 0 Å². The molecule has 2 rings (SSSR count). The van der Waals surface area contributed by atoms with Gasteiger partial charge in [-0.2, -0.15) is 0 Å². The maximum Gasteiger partial charge on any atom is 0.345 e. The number of nitrogens with two attached hydrogens (primary N) is 2. The number of esters is 1. The fourth-order valence-electron chi connectivity index (χ4n) is 1.74. The lowest BCUT2D eigenvalue weighted by Gasteiger charge is -2.11. The van der Waals surface area contributed by atoms with Gasteiger partial charge in [-0.1, -0.05) is 6.07 Å². The van der Waals surface area contributed by atoms with Crippen molar-refractivity contribution < 1.29 is 29.6 Å². The number of phenols is 2. The van der Waals surface area contributed by atoms with Crippen molar-refractivity contribution in [3.63, 3.8) is 0 Å². The molecule has 0 radical (unpaired) electrons. The molecule has 0 aliphatic heterocycles. The minimum atomic E-state index is -1.33. The molecule has 2 aromatic rings. The molecule has 8 nitrogen and oxygen atoms in total. The Morgan fingerprint density at radius 1 is 0.955 bits per heavy atom. The molecule has 0 atom stereocenters. The number of phenolic OH excluding ortho intramolecular Hbond substituents is 2. The number of rotatable bonds is 3. The van der Waals surface area contributed by atoms with Crippen LogP contribution in [0.15, 0.2) is 30.3 Å². The van der Waals surface area contributed by atoms with E-state index in [-0.39, 0.29) is 28.3 Å². The number of carbonyl (C=O) groups is 2. The fourth-order valence-corrected chi connectivity index (χ4v) is 1.74. The Kier molecular flexibility index (Phi) is 3.76. The number of aromatic carboxylic acids is 1. The summed E-state index contributed by atoms with van der Waals surface area (Å²) in [5, 5.41) is 28.1. The maximum absolute atomic E-state index is 12.0. The van der Waals surface area contributed by atoms with Crippen LogP contribution in [-0.4, -0.2) is 27.3 Å². The van der Waals surface area contributed by atoms with Gasteiger partial charge in [-0.3, -0.25) is 0 Å². The van der Waals surface area contributed by atoms with Crippen molar-refractivity contribution in [2.45, 2.75) is 0 Å². The number of hydrogen-bond acceptors (Lipinski definition) is 7. The third kappa shape index (κ3) is 2.57. The Bertz CT molecular complexity index is 772. The molecule has 0 heterocycles. The minimum absolute atomic E-state index is 0.111. The number of hydrogen-bond donors (Lipinski definition) is 5. The van der Waals surface area contributed by atoms with Gasteiger partial charge in [-0.25, -0.2) is 9.59 Å². The van der Waals surface area contributed by atoms with Crippen LogP contribution in [0.4, 0.5) is 11.4 Å². The third-order valence-corrected chi connectivity index (χ3v) is 2.92. The Morgan fingerprint density at radius 2 is 1.64 bits per heavy atom. The Labute approximate surface area is 124 Å². The van der Waals surface area contributed by atoms with Crippen LogP contribution in [0.5, 0.6) is 17.2 Å². The van der Waals surface area contributed by atoms with E-state index >= 15 is 0 Å². The average molecular weight is 304 g/mol. The summed E-state index contributed by atoms with van der Waals surface area (Å²) in [6.45, 7) is 0. The lowest BCUT2D eigenvalue weighted by Crippen LogP contribution is -2.12. The SMILES string of the molecule is Nc1c(O)cccc1C(=O)Oc1ccc(C(=O)O)c(N)c1O. The summed E-state index contributed by atoms with van der Waals surface area (Å²) in [7, 11) is 0. The molecule has 0 amide bonds. The van der Waals surface area contributed by atoms with Gasteiger partial charge in [0.2, 0.25) is 0 Å². The molecule has 0 unspecified atom stereocenters. The molecular formula is C14H12N2O6. The summed E-state index contributed by atoms with van der Waals surface area (Å²) in [6.07, 6.45) is 0. The lowest BCUT2D eigenvalue weighted by molar-refractivity contribution is 0.0697. The van der Waals surface area contributed by atoms with E-state index in [1.165, 1.54) is 18.2 Å². The van der Waals surface area contributed by atoms with Crippen molar-refractivity contribution in [1.82, 2.24) is 0 Å². The van der Waals surface area contributed by atoms with Crippen molar-refractivity contribution in [2.24, 2.45) is 0 Å². The highest BCUT2D eigenvalue weighted by Crippen LogP contribution is 2.35. The molecular weight excluding hydrogens is 292 g/mol. The van der Waals surface area contributed by atoms with E-state index < -0.39 is 23.4 Å². The Morgan fingerprint density at radius 3 is 2.27 bits per heavy atom. The molecule has 8 heteroatoms. The first-order valence-electron chi connectivity index (χ1n) is 5.97. The summed E-state index contributed by atoms with van der Waals surface area (Å²) in [4.78, 5) is 22.9. The predicted molar refractivity (Wildman–Crippen MR) is 77.0 cm³/mol. The highest BCUT2D eigenvalue weighted by molar-refractivity contribution is 5.99. The van der Waals surface area contributed by atoms with Gasteiger partial charge in [0.1, 0.15) is 5.75 Å². The van der Waals surface area contributed by atoms with Gasteiger partial charge in [-0.15, -0.1) is 0 Å². The van der Waals surface area contributed by atoms with Crippen LogP contribution in [0.25, 0.3) is 0 Å². The first-order chi connectivity index (χ1) is 10.3. The molecule has 0 saturated heterocycles. The van der Waals surface area contributed by atoms with Gasteiger partial charge in [0.05, 0.1) is 22.5 Å². The quantitative estimate of drug-likeness (QED) is 0.245. The van der Waals surface area contributed by atoms with Gasteiger partial charge < -0.3 is 31.5 Å². The zero-order valence-electron chi connectivity index (χ0n) is 11.1. The van der Waals surface area contributed by atoms with Crippen LogP contribution in [0.2, 0.25) is 0 Å². The number of anilines is 2. The standard InChI is InChI=1S/C14H12N2O6/c15-10-7(2-1-3-8(10)17)14(21)22-9-5-4-6(13(19)20)11(16)12(9)18/h1-5,17-18H,15-16H2,(H,19,20). The van der Waals surface area contributed by atoms with Crippen molar-refractivity contribution >= 4 is 23.3 Å². The van der Waals surface area contributed by atoms with Gasteiger partial charge in [0.25, 0.3) is 0 Å². The predicted octanol–water partition coefficient (Wildman–Crippen LogP) is 1.18. The maximum atomic E-state index is 12.0. The van der Waals surface area contributed by atoms with Crippen molar-refractivity contribution in [3.8, 4) is 17.2 Å². The molecule has 7 N–H and O–H groups in total. The number of carboxylic acid groups (broad SMARTS) is 1. The van der Waals surface area contributed by atoms with Crippen LogP contribution >= 0.6 is 0 Å². The number of carboxylic acids is 1. The van der Waals surface area contributed by atoms with Gasteiger partial charge in [0.15, 0.2) is 11.5 Å². The van der Waals surface area contributed by atoms with Crippen molar-refractivity contribution in [1.29, 1.82) is 0 Å². The second-order valence-electron chi connectivity index (χ2n) is 4.31. The topological polar surface area (TPSA) is 156 Å². The van der Waals surface area contributed by atoms with Crippen LogP contribution in [0.3, 0.4) is 0 Å². The molecule has 2 aromatic carbocycles. The Balaban J connectivity index is 2.35. The van der Waals surface area contributed by atoms with E-state index in [2.05, 4.69) is 0 Å². The average Bonchev–Trinajstić information content (AvgIpc) is 2.46. The van der Waals surface area contributed by atoms with E-state index in [0.29, 0.717) is 0 Å². The largest absolute Gasteiger partial charge is 0.506 e. The number of carbonyl (C=O) groups excluding carboxylic acids is 1. The van der Waals surface area contributed by atoms with Crippen molar-refractivity contribution in [2.75, 3.05) is 11.5 Å². The molecule has 0 bridgehead atoms. The van der Waals surface area contributed by atoms with Crippen LogP contribution < -0.4 is 16.2 Å². The number of para-hydroxylation sites is 1. The highest BCUT2D eigenvalue weighted by atomic mass is 16.5. The van der Waals surface area contributed by atoms with E-state index in [1.807, 2.05) is 0 Å². The number of nitrogen functional groups attached to an aromatic ring is 2. The molecule has 0 aliphatic rings. The minimum Gasteiger partial charge on any atom is -0.506 e. The lowest BCUT2D eigenvalue weighted by atomic mass is 10.1. The molecule has 0 aromatic heterocycles. The molecule has 0 spiro atoms. The van der Waals surface area contributed by atoms with Gasteiger partial charge in [0, 0.05) is 0 Å². The first-order valence-corrected chi connectivity index (χ1v) is 5.97. The number of benzene rings is 2. The van der Waals surface area contributed by atoms with E-state index in [9.17, 15) is 19.8 Å². The van der Waals surface area contributed by atoms with E-state index in [1.54, 1.807) is 0 Å².